The molecule has 33 valence electrons. The van der Waals surface area contributed by atoms with Gasteiger partial charge in [0.25, 0.3) is 0 Å². The predicted molar refractivity (Wildman–Crippen MR) is 34.1 cm³/mol. The van der Waals surface area contributed by atoms with Crippen molar-refractivity contribution >= 4 is 67.3 Å². The monoisotopic (exact) mass is 195 g/mol. The van der Waals surface area contributed by atoms with Gasteiger partial charge in [0.05, 0.1) is 0 Å². The molecule has 0 aromatic rings. The summed E-state index contributed by atoms with van der Waals surface area (Å²) < 4.78 is 0. The first-order chi connectivity index (χ1) is 1.41. The van der Waals surface area contributed by atoms with E-state index < -0.39 is 0 Å². The molecular weight excluding hydrogens is 192 g/mol. The Morgan fingerprint density at radius 3 is 1.50 bits per heavy atom. The molecule has 0 saturated heterocycles. The van der Waals surface area contributed by atoms with Gasteiger partial charge in [-0.2, -0.15) is 0 Å². The summed E-state index contributed by atoms with van der Waals surface area (Å²) in [7, 11) is 0. The van der Waals surface area contributed by atoms with Crippen LogP contribution in [0.1, 0.15) is 0 Å². The van der Waals surface area contributed by atoms with Crippen LogP contribution in [0.25, 0.3) is 0 Å². The minimum Gasteiger partial charge on any atom is -0.696 e. The fraction of sp³-hybridized carbons (Fsp3) is 0. The number of hydrogen-bond donors (Lipinski definition) is 1. The van der Waals surface area contributed by atoms with E-state index in [4.69, 9.17) is 5.26 Å². The molecule has 0 aromatic heterocycles. The molecule has 0 spiro atoms. The van der Waals surface area contributed by atoms with E-state index in [2.05, 4.69) is 12.6 Å². The average Bonchev–Trinajstić information content (AvgIpc) is 0.918. The van der Waals surface area contributed by atoms with Crippen LogP contribution in [0.4, 0.5) is 0 Å². The zero-order chi connectivity index (χ0) is 2.71. The standard InChI is InChI=1S/CHNS.BrH.Ca.H3N/c2-1-3;;;/h3H;1H;;1H3/q;;+1;/p-1. The molecule has 3 N–H and O–H groups in total. The van der Waals surface area contributed by atoms with Gasteiger partial charge in [0.15, 0.2) is 0 Å². The number of thiocyanates is 1. The molecule has 0 aliphatic rings. The Balaban J connectivity index is -0.00000000667. The summed E-state index contributed by atoms with van der Waals surface area (Å²) in [5, 5.41) is 8.47. The topological polar surface area (TPSA) is 58.8 Å². The fourth-order valence-electron chi connectivity index (χ4n) is 0. The van der Waals surface area contributed by atoms with Gasteiger partial charge < -0.3 is 18.8 Å². The number of nitriles is 1. The third-order valence-electron chi connectivity index (χ3n) is 0. The first-order valence-corrected chi connectivity index (χ1v) is 0.836. The van der Waals surface area contributed by atoms with Gasteiger partial charge in [-0.1, -0.05) is 5.40 Å². The summed E-state index contributed by atoms with van der Waals surface area (Å²) in [6, 6.07) is 0. The van der Waals surface area contributed by atoms with Crippen molar-refractivity contribution < 1.29 is 0 Å². The van der Waals surface area contributed by atoms with Crippen molar-refractivity contribution in [2.24, 2.45) is 0 Å². The van der Waals surface area contributed by atoms with Crippen molar-refractivity contribution in [3.8, 4) is 5.40 Å². The molecule has 0 saturated carbocycles. The van der Waals surface area contributed by atoms with Gasteiger partial charge in [-0.3, -0.25) is 0 Å². The quantitative estimate of drug-likeness (QED) is 0.346. The van der Waals surface area contributed by atoms with Crippen molar-refractivity contribution in [1.82, 2.24) is 6.15 Å². The minimum absolute atomic E-state index is 0. The van der Waals surface area contributed by atoms with Crippen LogP contribution >= 0.6 is 17.0 Å². The van der Waals surface area contributed by atoms with Gasteiger partial charge in [0, 0.05) is 0 Å². The zero-order valence-electron chi connectivity index (χ0n) is 3.18. The molecule has 0 heterocycles. The van der Waals surface area contributed by atoms with Gasteiger partial charge in [0.1, 0.15) is 0 Å². The Hall–Kier alpha value is 1.41. The van der Waals surface area contributed by atoms with E-state index in [1.54, 1.807) is 0 Å². The van der Waals surface area contributed by atoms with Crippen LogP contribution in [0.2, 0.25) is 0 Å². The van der Waals surface area contributed by atoms with Crippen LogP contribution in [-0.4, -0.2) is 37.7 Å². The van der Waals surface area contributed by atoms with Crippen LogP contribution < -0.4 is 6.15 Å². The van der Waals surface area contributed by atoms with Gasteiger partial charge in [-0.05, 0) is 0 Å². The Bertz CT molecular complexity index is 35.0. The Labute approximate surface area is 83.1 Å². The molecule has 6 heavy (non-hydrogen) atoms. The molecule has 0 amide bonds. The van der Waals surface area contributed by atoms with Crippen molar-refractivity contribution in [3.05, 3.63) is 0 Å². The second kappa shape index (κ2) is 32.3. The molecule has 0 bridgehead atoms. The number of hydrogen-bond acceptors (Lipinski definition) is 3. The van der Waals surface area contributed by atoms with E-state index in [-0.39, 0.29) is 60.9 Å². The molecule has 5 heteroatoms. The Morgan fingerprint density at radius 2 is 1.50 bits per heavy atom. The van der Waals surface area contributed by atoms with E-state index in [1.807, 2.05) is 0 Å². The van der Waals surface area contributed by atoms with Crippen LogP contribution in [0.3, 0.4) is 0 Å². The summed E-state index contributed by atoms with van der Waals surface area (Å²) >= 11 is 3.70. The molecule has 0 atom stereocenters. The van der Waals surface area contributed by atoms with Gasteiger partial charge >= 0.3 is 37.7 Å². The van der Waals surface area contributed by atoms with Gasteiger partial charge in [0.2, 0.25) is 0 Å². The van der Waals surface area contributed by atoms with Crippen molar-refractivity contribution in [2.75, 3.05) is 0 Å². The van der Waals surface area contributed by atoms with Crippen LogP contribution in [0.15, 0.2) is 0 Å². The average molecular weight is 196 g/mol. The predicted octanol–water partition coefficient (Wildman–Crippen LogP) is 0.373. The maximum atomic E-state index is 7.13. The van der Waals surface area contributed by atoms with Crippen LogP contribution in [0.5, 0.6) is 0 Å². The molecule has 0 fully saturated rings. The third-order valence-corrected chi connectivity index (χ3v) is 0. The van der Waals surface area contributed by atoms with Crippen LogP contribution in [-0.2, 0) is 12.6 Å². The molecular formula is CH4BrCaN2S. The minimum atomic E-state index is 0. The van der Waals surface area contributed by atoms with E-state index in [1.165, 1.54) is 5.40 Å². The number of nitrogens with zero attached hydrogens (tertiary/aromatic N) is 1. The molecule has 0 aromatic carbocycles. The second-order valence-corrected chi connectivity index (χ2v) is 0.274. The molecule has 2 nitrogen and oxygen atoms in total. The van der Waals surface area contributed by atoms with Gasteiger partial charge in [-0.25, -0.2) is 5.26 Å². The summed E-state index contributed by atoms with van der Waals surface area (Å²) in [6.07, 6.45) is 0. The van der Waals surface area contributed by atoms with Crippen molar-refractivity contribution in [1.29, 1.82) is 5.26 Å². The molecule has 0 aliphatic carbocycles. The summed E-state index contributed by atoms with van der Waals surface area (Å²) in [5.74, 6) is 0. The molecule has 0 rings (SSSR count). The van der Waals surface area contributed by atoms with E-state index in [9.17, 15) is 0 Å². The maximum absolute atomic E-state index is 7.13. The molecule has 1 radical (unpaired) electrons. The largest absolute Gasteiger partial charge is 1.00 e. The summed E-state index contributed by atoms with van der Waals surface area (Å²) in [6.45, 7) is 0. The first-order valence-electron chi connectivity index (χ1n) is 0.428. The normalized spacial score (nSPS) is 1.17. The van der Waals surface area contributed by atoms with E-state index in [0.717, 1.165) is 0 Å². The smallest absolute Gasteiger partial charge is 0.696 e. The van der Waals surface area contributed by atoms with Crippen molar-refractivity contribution in [2.45, 2.75) is 0 Å². The molecule has 0 unspecified atom stereocenters. The first kappa shape index (κ1) is 26.2. The van der Waals surface area contributed by atoms with E-state index >= 15 is 0 Å². The molecule has 0 aliphatic heterocycles. The van der Waals surface area contributed by atoms with E-state index in [0.29, 0.717) is 0 Å². The third kappa shape index (κ3) is 52.9. The second-order valence-electron chi connectivity index (χ2n) is 0.0913. The number of rotatable bonds is 0. The fourth-order valence-corrected chi connectivity index (χ4v) is 0. The Morgan fingerprint density at radius 1 is 1.50 bits per heavy atom. The zero-order valence-corrected chi connectivity index (χ0v) is 7.92. The Kier molecular flexibility index (Phi) is 141. The summed E-state index contributed by atoms with van der Waals surface area (Å²) in [5.41, 5.74) is 0. The van der Waals surface area contributed by atoms with Gasteiger partial charge in [-0.15, -0.1) is 17.0 Å². The maximum Gasteiger partial charge on any atom is 1.00 e. The summed E-state index contributed by atoms with van der Waals surface area (Å²) in [4.78, 5) is 0. The number of halogens is 1. The van der Waals surface area contributed by atoms with Crippen molar-refractivity contribution in [3.63, 3.8) is 0 Å². The SMILES string of the molecule is Br.N.N#C[S-].[Ca+]. The van der Waals surface area contributed by atoms with Crippen LogP contribution in [0, 0.1) is 10.7 Å².